The van der Waals surface area contributed by atoms with Crippen molar-refractivity contribution in [2.45, 2.75) is 5.38 Å². The SMILES string of the molecule is ClC1c2ccccc2-c2c1c(-c1ccc(Br)cc1)c1ccc(Br)cc1c2-c1ccccc1. The number of hydrogen-bond acceptors (Lipinski definition) is 0. The Bertz CT molecular complexity index is 1490. The molecular formula is C29H17Br2Cl. The summed E-state index contributed by atoms with van der Waals surface area (Å²) < 4.78 is 2.13. The quantitative estimate of drug-likeness (QED) is 0.189. The van der Waals surface area contributed by atoms with E-state index in [0.29, 0.717) is 0 Å². The van der Waals surface area contributed by atoms with Gasteiger partial charge in [-0.1, -0.05) is 105 Å². The molecule has 0 bridgehead atoms. The number of fused-ring (bicyclic) bond motifs is 4. The molecule has 1 unspecified atom stereocenters. The molecule has 3 heteroatoms. The second kappa shape index (κ2) is 7.88. The summed E-state index contributed by atoms with van der Waals surface area (Å²) in [5.74, 6) is 0. The molecule has 5 aromatic carbocycles. The monoisotopic (exact) mass is 558 g/mol. The highest BCUT2D eigenvalue weighted by molar-refractivity contribution is 9.10. The third kappa shape index (κ3) is 3.08. The maximum atomic E-state index is 7.23. The minimum Gasteiger partial charge on any atom is -0.113 e. The molecule has 0 spiro atoms. The lowest BCUT2D eigenvalue weighted by atomic mass is 9.83. The van der Waals surface area contributed by atoms with Crippen molar-refractivity contribution in [3.8, 4) is 33.4 Å². The van der Waals surface area contributed by atoms with E-state index in [0.717, 1.165) is 8.95 Å². The molecule has 1 aliphatic carbocycles. The topological polar surface area (TPSA) is 0 Å². The Balaban J connectivity index is 1.85. The van der Waals surface area contributed by atoms with E-state index in [1.54, 1.807) is 0 Å². The molecular weight excluding hydrogens is 544 g/mol. The first-order chi connectivity index (χ1) is 15.6. The van der Waals surface area contributed by atoms with Crippen molar-refractivity contribution in [2.75, 3.05) is 0 Å². The van der Waals surface area contributed by atoms with E-state index in [9.17, 15) is 0 Å². The molecule has 0 saturated carbocycles. The molecule has 5 aromatic rings. The molecule has 0 N–H and O–H groups in total. The zero-order valence-corrected chi connectivity index (χ0v) is 20.9. The fourth-order valence-corrected chi connectivity index (χ4v) is 5.98. The average molecular weight is 561 g/mol. The number of rotatable bonds is 2. The Morgan fingerprint density at radius 1 is 0.562 bits per heavy atom. The van der Waals surface area contributed by atoms with Crippen LogP contribution >= 0.6 is 43.5 Å². The van der Waals surface area contributed by atoms with Crippen LogP contribution in [-0.2, 0) is 0 Å². The maximum absolute atomic E-state index is 7.23. The molecule has 0 aromatic heterocycles. The third-order valence-electron chi connectivity index (χ3n) is 6.26. The van der Waals surface area contributed by atoms with Crippen molar-refractivity contribution in [1.82, 2.24) is 0 Å². The van der Waals surface area contributed by atoms with Gasteiger partial charge in [0.05, 0.1) is 5.38 Å². The lowest BCUT2D eigenvalue weighted by molar-refractivity contribution is 1.21. The van der Waals surface area contributed by atoms with Crippen LogP contribution in [0.15, 0.2) is 106 Å². The first kappa shape index (κ1) is 20.2. The van der Waals surface area contributed by atoms with Gasteiger partial charge in [0.1, 0.15) is 0 Å². The Morgan fingerprint density at radius 2 is 1.22 bits per heavy atom. The minimum absolute atomic E-state index is 0.199. The zero-order chi connectivity index (χ0) is 21.8. The standard InChI is InChI=1S/C29H17Br2Cl/c30-19-12-10-18(11-13-19)25-22-15-14-20(31)16-24(22)26(17-6-2-1-3-7-17)27-21-8-4-5-9-23(21)29(32)28(25)27/h1-16,29H. The van der Waals surface area contributed by atoms with Gasteiger partial charge in [-0.3, -0.25) is 0 Å². The summed E-state index contributed by atoms with van der Waals surface area (Å²) in [5.41, 5.74) is 9.68. The predicted octanol–water partition coefficient (Wildman–Crippen LogP) is 10.0. The van der Waals surface area contributed by atoms with Crippen molar-refractivity contribution >= 4 is 54.2 Å². The normalized spacial score (nSPS) is 14.4. The van der Waals surface area contributed by atoms with E-state index >= 15 is 0 Å². The van der Waals surface area contributed by atoms with Crippen LogP contribution in [-0.4, -0.2) is 0 Å². The predicted molar refractivity (Wildman–Crippen MR) is 143 cm³/mol. The van der Waals surface area contributed by atoms with Crippen LogP contribution in [0, 0.1) is 0 Å². The van der Waals surface area contributed by atoms with Gasteiger partial charge in [0.2, 0.25) is 0 Å². The van der Waals surface area contributed by atoms with Gasteiger partial charge in [-0.15, -0.1) is 11.6 Å². The van der Waals surface area contributed by atoms with Gasteiger partial charge in [0.25, 0.3) is 0 Å². The Kier molecular flexibility index (Phi) is 4.98. The van der Waals surface area contributed by atoms with Crippen molar-refractivity contribution in [3.05, 3.63) is 117 Å². The molecule has 0 amide bonds. The smallest absolute Gasteiger partial charge is 0.0853 e. The molecule has 0 radical (unpaired) electrons. The van der Waals surface area contributed by atoms with E-state index in [2.05, 4.69) is 129 Å². The number of halogens is 3. The second-order valence-electron chi connectivity index (χ2n) is 8.05. The van der Waals surface area contributed by atoms with Crippen molar-refractivity contribution < 1.29 is 0 Å². The lowest BCUT2D eigenvalue weighted by Gasteiger charge is -2.21. The van der Waals surface area contributed by atoms with Gasteiger partial charge >= 0.3 is 0 Å². The van der Waals surface area contributed by atoms with Crippen molar-refractivity contribution in [1.29, 1.82) is 0 Å². The van der Waals surface area contributed by atoms with Crippen molar-refractivity contribution in [2.24, 2.45) is 0 Å². The van der Waals surface area contributed by atoms with Gasteiger partial charge in [0.15, 0.2) is 0 Å². The van der Waals surface area contributed by atoms with Crippen LogP contribution in [0.1, 0.15) is 16.5 Å². The van der Waals surface area contributed by atoms with Gasteiger partial charge in [-0.2, -0.15) is 0 Å². The van der Waals surface area contributed by atoms with E-state index in [-0.39, 0.29) is 5.38 Å². The first-order valence-corrected chi connectivity index (χ1v) is 12.5. The average Bonchev–Trinajstić information content (AvgIpc) is 3.11. The summed E-state index contributed by atoms with van der Waals surface area (Å²) in [6, 6.07) is 34.4. The molecule has 0 aliphatic heterocycles. The van der Waals surface area contributed by atoms with Crippen LogP contribution < -0.4 is 0 Å². The van der Waals surface area contributed by atoms with Crippen LogP contribution in [0.2, 0.25) is 0 Å². The van der Waals surface area contributed by atoms with Crippen LogP contribution in [0.5, 0.6) is 0 Å². The molecule has 154 valence electrons. The number of benzene rings is 5. The first-order valence-electron chi connectivity index (χ1n) is 10.5. The molecule has 0 heterocycles. The molecule has 1 atom stereocenters. The minimum atomic E-state index is -0.199. The zero-order valence-electron chi connectivity index (χ0n) is 16.9. The molecule has 0 nitrogen and oxygen atoms in total. The lowest BCUT2D eigenvalue weighted by Crippen LogP contribution is -1.97. The summed E-state index contributed by atoms with van der Waals surface area (Å²) >= 11 is 14.5. The molecule has 32 heavy (non-hydrogen) atoms. The maximum Gasteiger partial charge on any atom is 0.0853 e. The van der Waals surface area contributed by atoms with Crippen LogP contribution in [0.25, 0.3) is 44.2 Å². The summed E-state index contributed by atoms with van der Waals surface area (Å²) in [6.07, 6.45) is 0. The van der Waals surface area contributed by atoms with Gasteiger partial charge < -0.3 is 0 Å². The molecule has 6 rings (SSSR count). The number of alkyl halides is 1. The van der Waals surface area contributed by atoms with E-state index in [1.807, 2.05) is 0 Å². The van der Waals surface area contributed by atoms with Crippen LogP contribution in [0.3, 0.4) is 0 Å². The largest absolute Gasteiger partial charge is 0.113 e. The highest BCUT2D eigenvalue weighted by Crippen LogP contribution is 2.57. The fourth-order valence-electron chi connectivity index (χ4n) is 4.95. The van der Waals surface area contributed by atoms with Gasteiger partial charge in [-0.25, -0.2) is 0 Å². The highest BCUT2D eigenvalue weighted by atomic mass is 79.9. The van der Waals surface area contributed by atoms with Crippen molar-refractivity contribution in [3.63, 3.8) is 0 Å². The Morgan fingerprint density at radius 3 is 2.00 bits per heavy atom. The van der Waals surface area contributed by atoms with E-state index < -0.39 is 0 Å². The fraction of sp³-hybridized carbons (Fsp3) is 0.0345. The second-order valence-corrected chi connectivity index (χ2v) is 10.3. The summed E-state index contributed by atoms with van der Waals surface area (Å²) in [7, 11) is 0. The molecule has 0 saturated heterocycles. The number of hydrogen-bond donors (Lipinski definition) is 0. The molecule has 1 aliphatic rings. The summed E-state index contributed by atoms with van der Waals surface area (Å²) in [6.45, 7) is 0. The van der Waals surface area contributed by atoms with Gasteiger partial charge in [-0.05, 0) is 79.5 Å². The Hall–Kier alpha value is -2.39. The van der Waals surface area contributed by atoms with Gasteiger partial charge in [0, 0.05) is 8.95 Å². The highest BCUT2D eigenvalue weighted by Gasteiger charge is 2.34. The van der Waals surface area contributed by atoms with E-state index in [4.69, 9.17) is 11.6 Å². The summed E-state index contributed by atoms with van der Waals surface area (Å²) in [5, 5.41) is 2.24. The van der Waals surface area contributed by atoms with Crippen LogP contribution in [0.4, 0.5) is 0 Å². The summed E-state index contributed by atoms with van der Waals surface area (Å²) in [4.78, 5) is 0. The Labute approximate surface area is 209 Å². The molecule has 0 fully saturated rings. The third-order valence-corrected chi connectivity index (χ3v) is 7.74. The van der Waals surface area contributed by atoms with E-state index in [1.165, 1.54) is 55.3 Å².